The molecule has 5 nitrogen and oxygen atoms in total. The average Bonchev–Trinajstić information content (AvgIpc) is 2.41. The molecule has 0 unspecified atom stereocenters. The molecule has 1 aromatic carbocycles. The maximum absolute atomic E-state index is 11.8. The smallest absolute Gasteiger partial charge is 0.277 e. The Hall–Kier alpha value is -2.17. The molecule has 0 radical (unpaired) electrons. The fourth-order valence-corrected chi connectivity index (χ4v) is 2.61. The minimum atomic E-state index is -0.329. The molecule has 1 aliphatic carbocycles. The van der Waals surface area contributed by atoms with Crippen LogP contribution in [0.15, 0.2) is 29.4 Å². The fourth-order valence-electron chi connectivity index (χ4n) is 2.61. The largest absolute Gasteiger partial charge is 0.484 e. The van der Waals surface area contributed by atoms with E-state index in [1.165, 1.54) is 0 Å². The number of hydrazone groups is 1. The van der Waals surface area contributed by atoms with Crippen LogP contribution in [0.5, 0.6) is 5.75 Å². The van der Waals surface area contributed by atoms with Crippen LogP contribution in [-0.4, -0.2) is 24.0 Å². The van der Waals surface area contributed by atoms with Gasteiger partial charge in [0.1, 0.15) is 11.5 Å². The molecule has 1 saturated carbocycles. The van der Waals surface area contributed by atoms with Crippen LogP contribution in [-0.2, 0) is 9.59 Å². The lowest BCUT2D eigenvalue weighted by Gasteiger charge is -2.28. The highest BCUT2D eigenvalue weighted by atomic mass is 16.5. The molecule has 1 N–H and O–H groups in total. The first-order chi connectivity index (χ1) is 10.3. The molecule has 5 heteroatoms. The third kappa shape index (κ3) is 4.98. The van der Waals surface area contributed by atoms with Gasteiger partial charge in [-0.2, -0.15) is 5.10 Å². The van der Waals surface area contributed by atoms with Gasteiger partial charge in [-0.15, -0.1) is 0 Å². The van der Waals surface area contributed by atoms with Gasteiger partial charge in [-0.05, 0) is 36.5 Å². The maximum Gasteiger partial charge on any atom is 0.277 e. The summed E-state index contributed by atoms with van der Waals surface area (Å²) in [5.74, 6) is 0.488. The van der Waals surface area contributed by atoms with Crippen molar-refractivity contribution >= 4 is 17.4 Å². The van der Waals surface area contributed by atoms with Gasteiger partial charge in [-0.25, -0.2) is 5.43 Å². The normalized spacial score (nSPS) is 19.0. The molecule has 1 aromatic rings. The number of hydrogen-bond donors (Lipinski definition) is 1. The summed E-state index contributed by atoms with van der Waals surface area (Å²) >= 11 is 0. The minimum absolute atomic E-state index is 0.0863. The van der Waals surface area contributed by atoms with E-state index in [0.717, 1.165) is 17.7 Å². The molecule has 0 saturated heterocycles. The third-order valence-corrected chi connectivity index (χ3v) is 3.46. The van der Waals surface area contributed by atoms with Crippen molar-refractivity contribution in [2.24, 2.45) is 10.5 Å². The number of hydrogen-bond acceptors (Lipinski definition) is 4. The number of rotatable bonds is 4. The number of carbonyl (C=O) groups is 2. The molecule has 0 bridgehead atoms. The SMILES string of the molecule is Cc1cccc(OCC(=O)N/N=C2\CC(=O)CC(C)(C)C2)c1. The van der Waals surface area contributed by atoms with Crippen LogP contribution in [0.1, 0.15) is 38.7 Å². The number of benzene rings is 1. The van der Waals surface area contributed by atoms with Crippen molar-refractivity contribution in [3.8, 4) is 5.75 Å². The summed E-state index contributed by atoms with van der Waals surface area (Å²) in [7, 11) is 0. The standard InChI is InChI=1S/C17H22N2O3/c1-12-5-4-6-15(7-12)22-11-16(21)19-18-13-8-14(20)10-17(2,3)9-13/h4-7H,8-11H2,1-3H3,(H,19,21)/b18-13+. The second-order valence-corrected chi connectivity index (χ2v) is 6.55. The number of Topliss-reactive ketones (excluding diaryl/α,β-unsaturated/α-hetero) is 1. The highest BCUT2D eigenvalue weighted by Gasteiger charge is 2.30. The van der Waals surface area contributed by atoms with Crippen molar-refractivity contribution in [2.75, 3.05) is 6.61 Å². The summed E-state index contributed by atoms with van der Waals surface area (Å²) in [6.07, 6.45) is 1.61. The summed E-state index contributed by atoms with van der Waals surface area (Å²) in [4.78, 5) is 23.4. The van der Waals surface area contributed by atoms with Gasteiger partial charge in [0.2, 0.25) is 0 Å². The monoisotopic (exact) mass is 302 g/mol. The van der Waals surface area contributed by atoms with Crippen molar-refractivity contribution in [1.82, 2.24) is 5.43 Å². The Labute approximate surface area is 130 Å². The molecule has 1 aliphatic rings. The fraction of sp³-hybridized carbons (Fsp3) is 0.471. The summed E-state index contributed by atoms with van der Waals surface area (Å²) in [5, 5.41) is 4.08. The Morgan fingerprint density at radius 2 is 2.14 bits per heavy atom. The molecule has 0 spiro atoms. The summed E-state index contributed by atoms with van der Waals surface area (Å²) in [6.45, 7) is 5.92. The van der Waals surface area contributed by atoms with Gasteiger partial charge >= 0.3 is 0 Å². The molecular weight excluding hydrogens is 280 g/mol. The van der Waals surface area contributed by atoms with Crippen LogP contribution >= 0.6 is 0 Å². The molecule has 0 heterocycles. The third-order valence-electron chi connectivity index (χ3n) is 3.46. The van der Waals surface area contributed by atoms with Crippen LogP contribution in [0.4, 0.5) is 0 Å². The molecule has 1 fully saturated rings. The van der Waals surface area contributed by atoms with Crippen LogP contribution in [0, 0.1) is 12.3 Å². The number of carbonyl (C=O) groups excluding carboxylic acids is 2. The van der Waals surface area contributed by atoms with E-state index in [1.54, 1.807) is 6.07 Å². The summed E-state index contributed by atoms with van der Waals surface area (Å²) < 4.78 is 5.40. The first-order valence-corrected chi connectivity index (χ1v) is 7.39. The van der Waals surface area contributed by atoms with Crippen LogP contribution in [0.3, 0.4) is 0 Å². The Kier molecular flexibility index (Phi) is 4.96. The summed E-state index contributed by atoms with van der Waals surface area (Å²) in [6, 6.07) is 7.50. The molecule has 22 heavy (non-hydrogen) atoms. The van der Waals surface area contributed by atoms with Crippen molar-refractivity contribution in [3.63, 3.8) is 0 Å². The maximum atomic E-state index is 11.8. The lowest BCUT2D eigenvalue weighted by atomic mass is 9.76. The lowest BCUT2D eigenvalue weighted by molar-refractivity contribution is -0.123. The van der Waals surface area contributed by atoms with E-state index in [9.17, 15) is 9.59 Å². The topological polar surface area (TPSA) is 67.8 Å². The number of aryl methyl sites for hydroxylation is 1. The van der Waals surface area contributed by atoms with E-state index in [4.69, 9.17) is 4.74 Å². The number of nitrogens with one attached hydrogen (secondary N) is 1. The Morgan fingerprint density at radius 1 is 1.36 bits per heavy atom. The first kappa shape index (κ1) is 16.2. The van der Waals surface area contributed by atoms with Crippen molar-refractivity contribution in [2.45, 2.75) is 40.0 Å². The molecule has 0 aliphatic heterocycles. The number of ketones is 1. The van der Waals surface area contributed by atoms with Crippen molar-refractivity contribution in [1.29, 1.82) is 0 Å². The van der Waals surface area contributed by atoms with Gasteiger partial charge in [0.15, 0.2) is 6.61 Å². The quantitative estimate of drug-likeness (QED) is 0.869. The van der Waals surface area contributed by atoms with E-state index >= 15 is 0 Å². The van der Waals surface area contributed by atoms with Crippen LogP contribution in [0.2, 0.25) is 0 Å². The Bertz CT molecular complexity index is 606. The number of amides is 1. The average molecular weight is 302 g/mol. The molecule has 0 aromatic heterocycles. The van der Waals surface area contributed by atoms with Gasteiger partial charge in [-0.1, -0.05) is 26.0 Å². The van der Waals surface area contributed by atoms with Crippen LogP contribution < -0.4 is 10.2 Å². The van der Waals surface area contributed by atoms with E-state index in [2.05, 4.69) is 10.5 Å². The Balaban J connectivity index is 1.84. The zero-order chi connectivity index (χ0) is 16.2. The number of ether oxygens (including phenoxy) is 1. The van der Waals surface area contributed by atoms with Gasteiger partial charge < -0.3 is 4.74 Å². The summed E-state index contributed by atoms with van der Waals surface area (Å²) in [5.41, 5.74) is 4.18. The van der Waals surface area contributed by atoms with Crippen LogP contribution in [0.25, 0.3) is 0 Å². The highest BCUT2D eigenvalue weighted by Crippen LogP contribution is 2.31. The molecule has 1 amide bonds. The molecule has 2 rings (SSSR count). The minimum Gasteiger partial charge on any atom is -0.484 e. The molecule has 0 atom stereocenters. The second-order valence-electron chi connectivity index (χ2n) is 6.55. The van der Waals surface area contributed by atoms with E-state index < -0.39 is 0 Å². The molecular formula is C17H22N2O3. The Morgan fingerprint density at radius 3 is 2.82 bits per heavy atom. The molecule has 118 valence electrons. The zero-order valence-electron chi connectivity index (χ0n) is 13.3. The van der Waals surface area contributed by atoms with Gasteiger partial charge in [0.25, 0.3) is 5.91 Å². The van der Waals surface area contributed by atoms with E-state index in [0.29, 0.717) is 18.6 Å². The predicted octanol–water partition coefficient (Wildman–Crippen LogP) is 2.63. The predicted molar refractivity (Wildman–Crippen MR) is 84.9 cm³/mol. The van der Waals surface area contributed by atoms with Gasteiger partial charge in [0.05, 0.1) is 0 Å². The first-order valence-electron chi connectivity index (χ1n) is 7.39. The van der Waals surface area contributed by atoms with Gasteiger partial charge in [-0.3, -0.25) is 9.59 Å². The van der Waals surface area contributed by atoms with E-state index in [1.807, 2.05) is 39.0 Å². The second kappa shape index (κ2) is 6.73. The van der Waals surface area contributed by atoms with Crippen molar-refractivity contribution < 1.29 is 14.3 Å². The van der Waals surface area contributed by atoms with E-state index in [-0.39, 0.29) is 23.7 Å². The lowest BCUT2D eigenvalue weighted by Crippen LogP contribution is -2.32. The van der Waals surface area contributed by atoms with Gasteiger partial charge in [0, 0.05) is 18.6 Å². The van der Waals surface area contributed by atoms with Crippen molar-refractivity contribution in [3.05, 3.63) is 29.8 Å². The number of nitrogens with zero attached hydrogens (tertiary/aromatic N) is 1. The zero-order valence-corrected chi connectivity index (χ0v) is 13.3. The highest BCUT2D eigenvalue weighted by molar-refractivity contribution is 6.05.